The van der Waals surface area contributed by atoms with Crippen LogP contribution in [0.3, 0.4) is 0 Å². The van der Waals surface area contributed by atoms with Crippen molar-refractivity contribution in [3.63, 3.8) is 0 Å². The van der Waals surface area contributed by atoms with Gasteiger partial charge in [0.1, 0.15) is 0 Å². The van der Waals surface area contributed by atoms with E-state index in [1.54, 1.807) is 0 Å². The molecule has 0 aliphatic carbocycles. The van der Waals surface area contributed by atoms with Gasteiger partial charge in [0.25, 0.3) is 0 Å². The van der Waals surface area contributed by atoms with Crippen LogP contribution in [-0.2, 0) is 19.1 Å². The van der Waals surface area contributed by atoms with Gasteiger partial charge in [-0.3, -0.25) is 0 Å². The Morgan fingerprint density at radius 3 is 1.45 bits per heavy atom. The fourth-order valence-electron chi connectivity index (χ4n) is 1.75. The molecule has 22 heavy (non-hydrogen) atoms. The summed E-state index contributed by atoms with van der Waals surface area (Å²) in [5.74, 6) is -0.682. The lowest BCUT2D eigenvalue weighted by Gasteiger charge is -2.07. The SMILES string of the molecule is COC(=O)C=C(C)NCCCCCCNC(C)=CC(=O)OC. The Kier molecular flexibility index (Phi) is 11.6. The van der Waals surface area contributed by atoms with E-state index < -0.39 is 0 Å². The second-order valence-corrected chi connectivity index (χ2v) is 4.97. The average molecular weight is 312 g/mol. The van der Waals surface area contributed by atoms with E-state index in [0.29, 0.717) is 0 Å². The Balaban J connectivity index is 3.55. The lowest BCUT2D eigenvalue weighted by molar-refractivity contribution is -0.135. The number of esters is 2. The fourth-order valence-corrected chi connectivity index (χ4v) is 1.75. The lowest BCUT2D eigenvalue weighted by atomic mass is 10.2. The van der Waals surface area contributed by atoms with Crippen LogP contribution in [0.15, 0.2) is 23.5 Å². The van der Waals surface area contributed by atoms with E-state index in [1.807, 2.05) is 13.8 Å². The number of carbonyl (C=O) groups excluding carboxylic acids is 2. The average Bonchev–Trinajstić information content (AvgIpc) is 2.49. The normalized spacial score (nSPS) is 11.8. The lowest BCUT2D eigenvalue weighted by Crippen LogP contribution is -2.15. The van der Waals surface area contributed by atoms with E-state index in [-0.39, 0.29) is 11.9 Å². The van der Waals surface area contributed by atoms with Crippen LogP contribution >= 0.6 is 0 Å². The molecule has 0 aliphatic rings. The van der Waals surface area contributed by atoms with Crippen LogP contribution in [0.4, 0.5) is 0 Å². The summed E-state index contributed by atoms with van der Waals surface area (Å²) in [6.45, 7) is 5.37. The van der Waals surface area contributed by atoms with E-state index in [4.69, 9.17) is 0 Å². The number of carbonyl (C=O) groups is 2. The molecule has 6 heteroatoms. The molecule has 0 saturated carbocycles. The van der Waals surface area contributed by atoms with E-state index in [0.717, 1.165) is 50.2 Å². The second-order valence-electron chi connectivity index (χ2n) is 4.97. The van der Waals surface area contributed by atoms with Crippen molar-refractivity contribution < 1.29 is 19.1 Å². The number of unbranched alkanes of at least 4 members (excludes halogenated alkanes) is 3. The minimum atomic E-state index is -0.341. The van der Waals surface area contributed by atoms with Crippen molar-refractivity contribution in [1.82, 2.24) is 10.6 Å². The highest BCUT2D eigenvalue weighted by molar-refractivity contribution is 5.82. The van der Waals surface area contributed by atoms with Crippen molar-refractivity contribution in [2.24, 2.45) is 0 Å². The van der Waals surface area contributed by atoms with Crippen molar-refractivity contribution >= 4 is 11.9 Å². The van der Waals surface area contributed by atoms with Crippen molar-refractivity contribution in [3.8, 4) is 0 Å². The molecule has 0 bridgehead atoms. The molecule has 0 aromatic carbocycles. The summed E-state index contributed by atoms with van der Waals surface area (Å²) in [6, 6.07) is 0. The molecule has 0 amide bonds. The molecule has 0 aromatic heterocycles. The van der Waals surface area contributed by atoms with Gasteiger partial charge >= 0.3 is 11.9 Å². The van der Waals surface area contributed by atoms with Gasteiger partial charge in [-0.25, -0.2) is 9.59 Å². The van der Waals surface area contributed by atoms with Crippen molar-refractivity contribution in [2.75, 3.05) is 27.3 Å². The molecular formula is C16H28N2O4. The van der Waals surface area contributed by atoms with E-state index in [1.165, 1.54) is 26.4 Å². The molecule has 126 valence electrons. The van der Waals surface area contributed by atoms with Crippen LogP contribution in [-0.4, -0.2) is 39.2 Å². The third-order valence-corrected chi connectivity index (χ3v) is 2.98. The molecule has 0 rings (SSSR count). The number of allylic oxidation sites excluding steroid dienone is 2. The largest absolute Gasteiger partial charge is 0.466 e. The Hall–Kier alpha value is -1.98. The zero-order chi connectivity index (χ0) is 16.8. The first-order valence-corrected chi connectivity index (χ1v) is 7.49. The molecule has 6 nitrogen and oxygen atoms in total. The summed E-state index contributed by atoms with van der Waals surface area (Å²) in [6.07, 6.45) is 7.20. The maximum atomic E-state index is 11.0. The van der Waals surface area contributed by atoms with E-state index in [9.17, 15) is 9.59 Å². The minimum absolute atomic E-state index is 0.341. The number of hydrogen-bond donors (Lipinski definition) is 2. The van der Waals surface area contributed by atoms with Crippen LogP contribution in [0.5, 0.6) is 0 Å². The molecule has 0 spiro atoms. The summed E-state index contributed by atoms with van der Waals surface area (Å²) < 4.78 is 9.09. The van der Waals surface area contributed by atoms with Crippen molar-refractivity contribution in [3.05, 3.63) is 23.5 Å². The first-order chi connectivity index (χ1) is 10.5. The summed E-state index contributed by atoms with van der Waals surface area (Å²) >= 11 is 0. The van der Waals surface area contributed by atoms with Gasteiger partial charge in [0.15, 0.2) is 0 Å². The summed E-state index contributed by atoms with van der Waals surface area (Å²) in [5, 5.41) is 6.34. The molecular weight excluding hydrogens is 284 g/mol. The molecule has 0 heterocycles. The number of hydrogen-bond acceptors (Lipinski definition) is 6. The van der Waals surface area contributed by atoms with Gasteiger partial charge in [0, 0.05) is 36.6 Å². The number of rotatable bonds is 11. The zero-order valence-corrected chi connectivity index (χ0v) is 14.0. The first kappa shape index (κ1) is 20.0. The third kappa shape index (κ3) is 11.8. The molecule has 0 fully saturated rings. The Bertz CT molecular complexity index is 365. The Morgan fingerprint density at radius 1 is 0.773 bits per heavy atom. The molecule has 0 aliphatic heterocycles. The van der Waals surface area contributed by atoms with Gasteiger partial charge in [-0.2, -0.15) is 0 Å². The number of nitrogens with one attached hydrogen (secondary N) is 2. The van der Waals surface area contributed by atoms with Gasteiger partial charge in [-0.15, -0.1) is 0 Å². The topological polar surface area (TPSA) is 76.7 Å². The van der Waals surface area contributed by atoms with Crippen LogP contribution < -0.4 is 10.6 Å². The zero-order valence-electron chi connectivity index (χ0n) is 14.0. The molecule has 2 N–H and O–H groups in total. The highest BCUT2D eigenvalue weighted by Gasteiger charge is 1.97. The second kappa shape index (κ2) is 12.7. The first-order valence-electron chi connectivity index (χ1n) is 7.49. The smallest absolute Gasteiger partial charge is 0.332 e. The van der Waals surface area contributed by atoms with Crippen LogP contribution in [0, 0.1) is 0 Å². The molecule has 0 unspecified atom stereocenters. The maximum Gasteiger partial charge on any atom is 0.332 e. The monoisotopic (exact) mass is 312 g/mol. The van der Waals surface area contributed by atoms with Gasteiger partial charge in [0.05, 0.1) is 14.2 Å². The predicted molar refractivity (Wildman–Crippen MR) is 86.0 cm³/mol. The van der Waals surface area contributed by atoms with Gasteiger partial charge in [0.2, 0.25) is 0 Å². The molecule has 0 aromatic rings. The Morgan fingerprint density at radius 2 is 1.14 bits per heavy atom. The maximum absolute atomic E-state index is 11.0. The van der Waals surface area contributed by atoms with Gasteiger partial charge in [-0.1, -0.05) is 12.8 Å². The van der Waals surface area contributed by atoms with Crippen molar-refractivity contribution in [1.29, 1.82) is 0 Å². The Labute approximate surface area is 132 Å². The predicted octanol–water partition coefficient (Wildman–Crippen LogP) is 1.88. The fraction of sp³-hybridized carbons (Fsp3) is 0.625. The minimum Gasteiger partial charge on any atom is -0.466 e. The number of ether oxygens (including phenoxy) is 2. The highest BCUT2D eigenvalue weighted by atomic mass is 16.5. The molecule has 0 saturated heterocycles. The van der Waals surface area contributed by atoms with Crippen LogP contribution in [0.1, 0.15) is 39.5 Å². The van der Waals surface area contributed by atoms with Crippen LogP contribution in [0.25, 0.3) is 0 Å². The van der Waals surface area contributed by atoms with Crippen LogP contribution in [0.2, 0.25) is 0 Å². The third-order valence-electron chi connectivity index (χ3n) is 2.98. The van der Waals surface area contributed by atoms with Crippen molar-refractivity contribution in [2.45, 2.75) is 39.5 Å². The standard InChI is InChI=1S/C16H28N2O4/c1-13(11-15(19)21-3)17-9-7-5-6-8-10-18-14(2)12-16(20)22-4/h11-12,17-18H,5-10H2,1-4H3. The molecule has 0 atom stereocenters. The van der Waals surface area contributed by atoms with E-state index in [2.05, 4.69) is 20.1 Å². The quantitative estimate of drug-likeness (QED) is 0.345. The summed E-state index contributed by atoms with van der Waals surface area (Å²) in [5.41, 5.74) is 1.63. The van der Waals surface area contributed by atoms with Gasteiger partial charge < -0.3 is 20.1 Å². The number of methoxy groups -OCH3 is 2. The van der Waals surface area contributed by atoms with E-state index >= 15 is 0 Å². The molecule has 0 radical (unpaired) electrons. The highest BCUT2D eigenvalue weighted by Crippen LogP contribution is 2.00. The summed E-state index contributed by atoms with van der Waals surface area (Å²) in [7, 11) is 2.73. The van der Waals surface area contributed by atoms with Gasteiger partial charge in [-0.05, 0) is 26.7 Å². The summed E-state index contributed by atoms with van der Waals surface area (Å²) in [4.78, 5) is 22.0.